The van der Waals surface area contributed by atoms with Gasteiger partial charge in [-0.3, -0.25) is 9.80 Å². The first-order valence-corrected chi connectivity index (χ1v) is 10.7. The number of nitriles is 1. The summed E-state index contributed by atoms with van der Waals surface area (Å²) in [7, 11) is 0. The fourth-order valence-electron chi connectivity index (χ4n) is 4.10. The Morgan fingerprint density at radius 1 is 1.10 bits per heavy atom. The van der Waals surface area contributed by atoms with Crippen molar-refractivity contribution in [2.75, 3.05) is 31.2 Å². The molecule has 2 heterocycles. The lowest BCUT2D eigenvalue weighted by Gasteiger charge is -2.38. The zero-order valence-electron chi connectivity index (χ0n) is 17.0. The van der Waals surface area contributed by atoms with Gasteiger partial charge in [-0.05, 0) is 48.5 Å². The SMILES string of the molecule is CC1(C)C(=S)N(c2ccc(C#N)cc2)C(=Nc2ccc(Cl)cc2)C1N1CCOCC1. The van der Waals surface area contributed by atoms with Crippen LogP contribution in [0.25, 0.3) is 0 Å². The van der Waals surface area contributed by atoms with E-state index in [1.807, 2.05) is 48.5 Å². The van der Waals surface area contributed by atoms with E-state index in [1.54, 1.807) is 0 Å². The lowest BCUT2D eigenvalue weighted by Crippen LogP contribution is -2.52. The molecule has 0 saturated carbocycles. The highest BCUT2D eigenvalue weighted by Crippen LogP contribution is 2.41. The first kappa shape index (κ1) is 21.0. The minimum absolute atomic E-state index is 0.0141. The molecule has 2 aliphatic rings. The summed E-state index contributed by atoms with van der Waals surface area (Å²) < 4.78 is 5.58. The lowest BCUT2D eigenvalue weighted by atomic mass is 9.85. The van der Waals surface area contributed by atoms with Gasteiger partial charge in [0.05, 0.1) is 41.6 Å². The molecule has 2 saturated heterocycles. The van der Waals surface area contributed by atoms with Gasteiger partial charge in [-0.1, -0.05) is 37.7 Å². The van der Waals surface area contributed by atoms with Crippen LogP contribution >= 0.6 is 23.8 Å². The van der Waals surface area contributed by atoms with Gasteiger partial charge in [0.1, 0.15) is 5.84 Å². The number of hydrogen-bond donors (Lipinski definition) is 0. The number of morpholine rings is 1. The maximum absolute atomic E-state index is 9.17. The largest absolute Gasteiger partial charge is 0.379 e. The Morgan fingerprint density at radius 2 is 1.73 bits per heavy atom. The number of rotatable bonds is 3. The Kier molecular flexibility index (Phi) is 5.90. The van der Waals surface area contributed by atoms with Crippen LogP contribution in [0.4, 0.5) is 11.4 Å². The zero-order chi connectivity index (χ0) is 21.3. The van der Waals surface area contributed by atoms with Gasteiger partial charge >= 0.3 is 0 Å². The Bertz CT molecular complexity index is 1000. The van der Waals surface area contributed by atoms with Gasteiger partial charge in [0.25, 0.3) is 0 Å². The predicted molar refractivity (Wildman–Crippen MR) is 125 cm³/mol. The first-order valence-electron chi connectivity index (χ1n) is 9.92. The second-order valence-corrected chi connectivity index (χ2v) is 8.84. The first-order chi connectivity index (χ1) is 14.4. The quantitative estimate of drug-likeness (QED) is 0.643. The van der Waals surface area contributed by atoms with Crippen LogP contribution in [0.15, 0.2) is 53.5 Å². The predicted octanol–water partition coefficient (Wildman–Crippen LogP) is 4.82. The molecule has 0 radical (unpaired) electrons. The van der Waals surface area contributed by atoms with E-state index < -0.39 is 0 Å². The summed E-state index contributed by atoms with van der Waals surface area (Å²) in [6, 6.07) is 17.2. The summed E-state index contributed by atoms with van der Waals surface area (Å²) in [5, 5.41) is 9.84. The Hall–Kier alpha value is -2.30. The van der Waals surface area contributed by atoms with Gasteiger partial charge in [-0.15, -0.1) is 0 Å². The highest BCUT2D eigenvalue weighted by molar-refractivity contribution is 7.80. The Balaban J connectivity index is 1.84. The van der Waals surface area contributed by atoms with Gasteiger partial charge < -0.3 is 4.74 Å². The third-order valence-electron chi connectivity index (χ3n) is 5.65. The molecule has 5 nitrogen and oxygen atoms in total. The van der Waals surface area contributed by atoms with E-state index in [0.29, 0.717) is 23.8 Å². The zero-order valence-corrected chi connectivity index (χ0v) is 18.6. The van der Waals surface area contributed by atoms with Crippen LogP contribution in [0.5, 0.6) is 0 Å². The van der Waals surface area contributed by atoms with Crippen molar-refractivity contribution < 1.29 is 4.74 Å². The van der Waals surface area contributed by atoms with Crippen molar-refractivity contribution >= 4 is 46.0 Å². The number of halogens is 1. The fraction of sp³-hybridized carbons (Fsp3) is 0.348. The van der Waals surface area contributed by atoms with Gasteiger partial charge in [0.2, 0.25) is 0 Å². The summed E-state index contributed by atoms with van der Waals surface area (Å²) in [6.45, 7) is 7.41. The molecule has 2 aromatic rings. The van der Waals surface area contributed by atoms with Crippen molar-refractivity contribution in [3.05, 3.63) is 59.1 Å². The smallest absolute Gasteiger partial charge is 0.133 e. The number of benzene rings is 2. The third kappa shape index (κ3) is 3.86. The molecule has 0 spiro atoms. The van der Waals surface area contributed by atoms with Crippen LogP contribution in [-0.4, -0.2) is 48.1 Å². The molecule has 2 aliphatic heterocycles. The summed E-state index contributed by atoms with van der Waals surface area (Å²) >= 11 is 12.1. The van der Waals surface area contributed by atoms with Crippen molar-refractivity contribution in [2.24, 2.45) is 10.4 Å². The molecule has 7 heteroatoms. The normalized spacial score (nSPS) is 23.0. The van der Waals surface area contributed by atoms with Crippen LogP contribution < -0.4 is 4.90 Å². The molecule has 0 aromatic heterocycles. The van der Waals surface area contributed by atoms with Gasteiger partial charge in [0, 0.05) is 29.2 Å². The van der Waals surface area contributed by atoms with E-state index in [1.165, 1.54) is 0 Å². The molecule has 0 aliphatic carbocycles. The molecule has 1 atom stereocenters. The van der Waals surface area contributed by atoms with Crippen LogP contribution in [0, 0.1) is 16.7 Å². The van der Waals surface area contributed by atoms with Crippen molar-refractivity contribution in [1.29, 1.82) is 5.26 Å². The monoisotopic (exact) mass is 438 g/mol. The molecular formula is C23H23ClN4OS. The van der Waals surface area contributed by atoms with E-state index >= 15 is 0 Å². The van der Waals surface area contributed by atoms with E-state index in [-0.39, 0.29) is 11.5 Å². The number of thiocarbonyl (C=S) groups is 1. The van der Waals surface area contributed by atoms with Crippen molar-refractivity contribution in [2.45, 2.75) is 19.9 Å². The van der Waals surface area contributed by atoms with Gasteiger partial charge in [0.15, 0.2) is 0 Å². The highest BCUT2D eigenvalue weighted by Gasteiger charge is 2.52. The molecule has 30 heavy (non-hydrogen) atoms. The number of nitrogens with zero attached hydrogens (tertiary/aromatic N) is 4. The van der Waals surface area contributed by atoms with E-state index in [2.05, 4.69) is 29.7 Å². The molecule has 2 aromatic carbocycles. The molecule has 0 amide bonds. The number of aliphatic imine (C=N–C) groups is 1. The van der Waals surface area contributed by atoms with E-state index in [4.69, 9.17) is 38.8 Å². The van der Waals surface area contributed by atoms with Crippen LogP contribution in [0.2, 0.25) is 5.02 Å². The van der Waals surface area contributed by atoms with Crippen molar-refractivity contribution in [3.63, 3.8) is 0 Å². The topological polar surface area (TPSA) is 51.9 Å². The number of anilines is 1. The average Bonchev–Trinajstić information content (AvgIpc) is 2.95. The van der Waals surface area contributed by atoms with Crippen LogP contribution in [0.3, 0.4) is 0 Å². The summed E-state index contributed by atoms with van der Waals surface area (Å²) in [6.07, 6.45) is 0. The van der Waals surface area contributed by atoms with Gasteiger partial charge in [-0.25, -0.2) is 4.99 Å². The minimum Gasteiger partial charge on any atom is -0.379 e. The van der Waals surface area contributed by atoms with E-state index in [9.17, 15) is 0 Å². The van der Waals surface area contributed by atoms with Crippen molar-refractivity contribution in [1.82, 2.24) is 4.90 Å². The summed E-state index contributed by atoms with van der Waals surface area (Å²) in [5.41, 5.74) is 2.05. The molecule has 154 valence electrons. The van der Waals surface area contributed by atoms with Gasteiger partial charge in [-0.2, -0.15) is 5.26 Å². The molecule has 2 fully saturated rings. The summed E-state index contributed by atoms with van der Waals surface area (Å²) in [5.74, 6) is 0.888. The molecule has 1 unspecified atom stereocenters. The maximum Gasteiger partial charge on any atom is 0.133 e. The molecule has 0 N–H and O–H groups in total. The number of ether oxygens (including phenoxy) is 1. The van der Waals surface area contributed by atoms with Crippen LogP contribution in [0.1, 0.15) is 19.4 Å². The van der Waals surface area contributed by atoms with Crippen LogP contribution in [-0.2, 0) is 4.74 Å². The molecule has 0 bridgehead atoms. The van der Waals surface area contributed by atoms with E-state index in [0.717, 1.165) is 35.3 Å². The second-order valence-electron chi connectivity index (χ2n) is 8.02. The van der Waals surface area contributed by atoms with Crippen molar-refractivity contribution in [3.8, 4) is 6.07 Å². The Labute approximate surface area is 187 Å². The highest BCUT2D eigenvalue weighted by atomic mass is 35.5. The minimum atomic E-state index is -0.300. The standard InChI is InChI=1S/C23H23ClN4OS/c1-23(2)20(27-11-13-29-14-12-27)21(26-18-7-5-17(24)6-8-18)28(22(23)30)19-9-3-16(15-25)4-10-19/h3-10,20H,11-14H2,1-2H3. The second kappa shape index (κ2) is 8.44. The summed E-state index contributed by atoms with van der Waals surface area (Å²) in [4.78, 5) is 10.3. The fourth-order valence-corrected chi connectivity index (χ4v) is 4.54. The molecule has 4 rings (SSSR count). The molecular weight excluding hydrogens is 416 g/mol. The maximum atomic E-state index is 9.17. The lowest BCUT2D eigenvalue weighted by molar-refractivity contribution is 0.0173. The number of amidine groups is 1. The Morgan fingerprint density at radius 3 is 2.33 bits per heavy atom. The average molecular weight is 439 g/mol. The number of hydrogen-bond acceptors (Lipinski definition) is 5. The third-order valence-corrected chi connectivity index (χ3v) is 6.61.